The van der Waals surface area contributed by atoms with Gasteiger partial charge in [-0.15, -0.1) is 0 Å². The first-order chi connectivity index (χ1) is 17.5. The highest BCUT2D eigenvalue weighted by atomic mass is 16.7. The van der Waals surface area contributed by atoms with E-state index in [1.165, 1.54) is 6.42 Å². The van der Waals surface area contributed by atoms with Gasteiger partial charge in [0.05, 0.1) is 6.61 Å². The molecule has 1 spiro atoms. The number of fused-ring (bicyclic) bond motifs is 1. The standard InChI is InChI=1S/C28H34N2O6/c1-2-33-24-17-20(9-11-22(24)34-19-26(31)30-15-7-4-8-16-30)27(32)29-21-10-12-23-25(18-21)36-28(35-23)13-5-3-6-14-28/h9-12,17-18H,2-8,13-16,19H2,1H3,(H,29,32). The summed E-state index contributed by atoms with van der Waals surface area (Å²) < 4.78 is 23.8. The van der Waals surface area contributed by atoms with Crippen molar-refractivity contribution in [2.24, 2.45) is 0 Å². The number of benzene rings is 2. The van der Waals surface area contributed by atoms with Crippen LogP contribution in [0.3, 0.4) is 0 Å². The van der Waals surface area contributed by atoms with E-state index in [9.17, 15) is 9.59 Å². The molecule has 8 heteroatoms. The molecule has 5 rings (SSSR count). The zero-order valence-corrected chi connectivity index (χ0v) is 20.8. The molecule has 8 nitrogen and oxygen atoms in total. The van der Waals surface area contributed by atoms with Gasteiger partial charge in [0.1, 0.15) is 0 Å². The number of carbonyl (C=O) groups is 2. The summed E-state index contributed by atoms with van der Waals surface area (Å²) in [5.41, 5.74) is 1.05. The number of anilines is 1. The van der Waals surface area contributed by atoms with Crippen LogP contribution in [0.4, 0.5) is 5.69 Å². The average Bonchev–Trinajstić information content (AvgIpc) is 3.25. The van der Waals surface area contributed by atoms with Crippen molar-refractivity contribution in [2.75, 3.05) is 31.6 Å². The third-order valence-corrected chi connectivity index (χ3v) is 6.97. The molecule has 1 saturated carbocycles. The third-order valence-electron chi connectivity index (χ3n) is 6.97. The molecule has 2 fully saturated rings. The molecule has 0 atom stereocenters. The maximum Gasteiger partial charge on any atom is 0.260 e. The molecule has 3 aliphatic rings. The summed E-state index contributed by atoms with van der Waals surface area (Å²) >= 11 is 0. The van der Waals surface area contributed by atoms with Crippen molar-refractivity contribution < 1.29 is 28.5 Å². The van der Waals surface area contributed by atoms with Gasteiger partial charge in [0.15, 0.2) is 29.6 Å². The maximum absolute atomic E-state index is 13.0. The van der Waals surface area contributed by atoms with Crippen molar-refractivity contribution in [1.29, 1.82) is 0 Å². The number of nitrogens with one attached hydrogen (secondary N) is 1. The maximum atomic E-state index is 13.0. The van der Waals surface area contributed by atoms with Crippen LogP contribution >= 0.6 is 0 Å². The fourth-order valence-electron chi connectivity index (χ4n) is 5.08. The van der Waals surface area contributed by atoms with Gasteiger partial charge in [0.25, 0.3) is 17.6 Å². The first kappa shape index (κ1) is 24.3. The Hall–Kier alpha value is -3.42. The predicted molar refractivity (Wildman–Crippen MR) is 135 cm³/mol. The zero-order chi connectivity index (χ0) is 25.0. The lowest BCUT2D eigenvalue weighted by atomic mass is 9.94. The quantitative estimate of drug-likeness (QED) is 0.572. The molecular formula is C28H34N2O6. The summed E-state index contributed by atoms with van der Waals surface area (Å²) in [5, 5.41) is 2.93. The van der Waals surface area contributed by atoms with Crippen molar-refractivity contribution in [3.8, 4) is 23.0 Å². The Morgan fingerprint density at radius 2 is 1.64 bits per heavy atom. The van der Waals surface area contributed by atoms with E-state index >= 15 is 0 Å². The Kier molecular flexibility index (Phi) is 7.20. The number of piperidine rings is 1. The van der Waals surface area contributed by atoms with Crippen LogP contribution < -0.4 is 24.3 Å². The lowest BCUT2D eigenvalue weighted by molar-refractivity contribution is -0.134. The summed E-state index contributed by atoms with van der Waals surface area (Å²) in [4.78, 5) is 27.3. The number of likely N-dealkylation sites (tertiary alicyclic amines) is 1. The summed E-state index contributed by atoms with van der Waals surface area (Å²) in [6, 6.07) is 10.5. The molecule has 36 heavy (non-hydrogen) atoms. The summed E-state index contributed by atoms with van der Waals surface area (Å²) in [5.74, 6) is 1.39. The van der Waals surface area contributed by atoms with Crippen LogP contribution in [-0.4, -0.2) is 48.8 Å². The second kappa shape index (κ2) is 10.7. The molecule has 0 unspecified atom stereocenters. The van der Waals surface area contributed by atoms with Gasteiger partial charge in [-0.3, -0.25) is 9.59 Å². The number of rotatable bonds is 7. The lowest BCUT2D eigenvalue weighted by Crippen LogP contribution is -2.40. The highest BCUT2D eigenvalue weighted by Gasteiger charge is 2.42. The van der Waals surface area contributed by atoms with Crippen LogP contribution in [0.15, 0.2) is 36.4 Å². The normalized spacial score (nSPS) is 18.1. The van der Waals surface area contributed by atoms with Crippen LogP contribution in [0.25, 0.3) is 0 Å². The molecule has 1 aliphatic carbocycles. The van der Waals surface area contributed by atoms with E-state index in [1.54, 1.807) is 18.2 Å². The Labute approximate surface area is 211 Å². The van der Waals surface area contributed by atoms with E-state index in [-0.39, 0.29) is 18.4 Å². The van der Waals surface area contributed by atoms with Crippen molar-refractivity contribution >= 4 is 17.5 Å². The number of carbonyl (C=O) groups excluding carboxylic acids is 2. The smallest absolute Gasteiger partial charge is 0.260 e. The molecule has 2 heterocycles. The highest BCUT2D eigenvalue weighted by Crippen LogP contribution is 2.46. The minimum absolute atomic E-state index is 0.0308. The topological polar surface area (TPSA) is 86.3 Å². The number of amides is 2. The van der Waals surface area contributed by atoms with E-state index in [0.29, 0.717) is 40.9 Å². The molecule has 2 aromatic rings. The zero-order valence-electron chi connectivity index (χ0n) is 20.8. The van der Waals surface area contributed by atoms with Crippen molar-refractivity contribution in [3.63, 3.8) is 0 Å². The molecule has 192 valence electrons. The van der Waals surface area contributed by atoms with Crippen molar-refractivity contribution in [1.82, 2.24) is 4.90 Å². The monoisotopic (exact) mass is 494 g/mol. The van der Waals surface area contributed by atoms with Gasteiger partial charge < -0.3 is 29.2 Å². The second-order valence-electron chi connectivity index (χ2n) is 9.62. The molecule has 0 bridgehead atoms. The fraction of sp³-hybridized carbons (Fsp3) is 0.500. The fourth-order valence-corrected chi connectivity index (χ4v) is 5.08. The third kappa shape index (κ3) is 5.37. The average molecular weight is 495 g/mol. The van der Waals surface area contributed by atoms with E-state index in [4.69, 9.17) is 18.9 Å². The Morgan fingerprint density at radius 1 is 0.889 bits per heavy atom. The SMILES string of the molecule is CCOc1cc(C(=O)Nc2ccc3c(c2)OC2(CCCCC2)O3)ccc1OCC(=O)N1CCCCC1. The van der Waals surface area contributed by atoms with Gasteiger partial charge in [0, 0.05) is 43.2 Å². The Balaban J connectivity index is 1.23. The lowest BCUT2D eigenvalue weighted by Gasteiger charge is -2.31. The first-order valence-corrected chi connectivity index (χ1v) is 13.1. The number of hydrogen-bond donors (Lipinski definition) is 1. The van der Waals surface area contributed by atoms with E-state index in [2.05, 4.69) is 5.32 Å². The highest BCUT2D eigenvalue weighted by molar-refractivity contribution is 6.04. The minimum Gasteiger partial charge on any atom is -0.490 e. The summed E-state index contributed by atoms with van der Waals surface area (Å²) in [6.07, 6.45) is 8.36. The molecule has 2 aliphatic heterocycles. The molecule has 2 amide bonds. The molecule has 2 aromatic carbocycles. The van der Waals surface area contributed by atoms with Crippen LogP contribution in [0, 0.1) is 0 Å². The van der Waals surface area contributed by atoms with Crippen molar-refractivity contribution in [3.05, 3.63) is 42.0 Å². The van der Waals surface area contributed by atoms with Gasteiger partial charge in [-0.2, -0.15) is 0 Å². The number of hydrogen-bond acceptors (Lipinski definition) is 6. The molecular weight excluding hydrogens is 460 g/mol. The van der Waals surface area contributed by atoms with E-state index in [1.807, 2.05) is 30.0 Å². The van der Waals surface area contributed by atoms with Crippen LogP contribution in [0.2, 0.25) is 0 Å². The van der Waals surface area contributed by atoms with Gasteiger partial charge in [-0.25, -0.2) is 0 Å². The Morgan fingerprint density at radius 3 is 2.42 bits per heavy atom. The van der Waals surface area contributed by atoms with Crippen LogP contribution in [-0.2, 0) is 4.79 Å². The van der Waals surface area contributed by atoms with Crippen molar-refractivity contribution in [2.45, 2.75) is 64.1 Å². The minimum atomic E-state index is -0.555. The first-order valence-electron chi connectivity index (χ1n) is 13.1. The number of nitrogens with zero attached hydrogens (tertiary/aromatic N) is 1. The number of ether oxygens (including phenoxy) is 4. The molecule has 1 saturated heterocycles. The second-order valence-corrected chi connectivity index (χ2v) is 9.62. The van der Waals surface area contributed by atoms with Gasteiger partial charge >= 0.3 is 0 Å². The van der Waals surface area contributed by atoms with Crippen LogP contribution in [0.1, 0.15) is 68.6 Å². The molecule has 0 radical (unpaired) electrons. The van der Waals surface area contributed by atoms with Gasteiger partial charge in [-0.1, -0.05) is 6.42 Å². The Bertz CT molecular complexity index is 1110. The predicted octanol–water partition coefficient (Wildman–Crippen LogP) is 5.16. The van der Waals surface area contributed by atoms with Gasteiger partial charge in [-0.05, 0) is 69.4 Å². The van der Waals surface area contributed by atoms with E-state index < -0.39 is 5.79 Å². The summed E-state index contributed by atoms with van der Waals surface area (Å²) in [7, 11) is 0. The molecule has 0 aromatic heterocycles. The molecule has 1 N–H and O–H groups in total. The van der Waals surface area contributed by atoms with E-state index in [0.717, 1.165) is 58.0 Å². The van der Waals surface area contributed by atoms with Gasteiger partial charge in [0.2, 0.25) is 0 Å². The van der Waals surface area contributed by atoms with Crippen LogP contribution in [0.5, 0.6) is 23.0 Å². The largest absolute Gasteiger partial charge is 0.490 e. The summed E-state index contributed by atoms with van der Waals surface area (Å²) in [6.45, 7) is 3.78.